The van der Waals surface area contributed by atoms with E-state index in [9.17, 15) is 14.7 Å². The summed E-state index contributed by atoms with van der Waals surface area (Å²) in [5.41, 5.74) is 3.46. The number of piperidine rings is 1. The van der Waals surface area contributed by atoms with Crippen molar-refractivity contribution in [3.05, 3.63) is 65.2 Å². The summed E-state index contributed by atoms with van der Waals surface area (Å²) in [6, 6.07) is 15.4. The molecule has 0 bridgehead atoms. The Hall–Kier alpha value is -2.86. The second-order valence-corrected chi connectivity index (χ2v) is 11.4. The van der Waals surface area contributed by atoms with E-state index >= 15 is 0 Å². The molecule has 3 N–H and O–H groups in total. The number of hydrogen-bond donors (Lipinski definition) is 3. The lowest BCUT2D eigenvalue weighted by molar-refractivity contribution is -0.255. The number of carboxylic acids is 1. The molecule has 3 fully saturated rings. The molecule has 1 spiro atoms. The van der Waals surface area contributed by atoms with Crippen LogP contribution >= 0.6 is 0 Å². The van der Waals surface area contributed by atoms with Crippen LogP contribution in [0.4, 0.5) is 5.69 Å². The van der Waals surface area contributed by atoms with Crippen molar-refractivity contribution in [3.8, 4) is 0 Å². The number of ether oxygens (including phenoxy) is 4. The van der Waals surface area contributed by atoms with Crippen LogP contribution in [0.5, 0.6) is 0 Å². The van der Waals surface area contributed by atoms with Gasteiger partial charge in [-0.05, 0) is 36.1 Å². The molecule has 3 atom stereocenters. The zero-order valence-electron chi connectivity index (χ0n) is 24.0. The van der Waals surface area contributed by atoms with Crippen LogP contribution in [0, 0.1) is 0 Å². The summed E-state index contributed by atoms with van der Waals surface area (Å²) in [6.45, 7) is 3.88. The van der Waals surface area contributed by atoms with Crippen molar-refractivity contribution in [1.29, 1.82) is 0 Å². The first kappa shape index (κ1) is 30.6. The molecular weight excluding hydrogens is 540 g/mol. The maximum absolute atomic E-state index is 12.3. The normalized spacial score (nSPS) is 24.1. The van der Waals surface area contributed by atoms with Crippen molar-refractivity contribution in [2.45, 2.75) is 82.3 Å². The number of unbranched alkanes of at least 4 members (excludes halogenated alkanes) is 2. The van der Waals surface area contributed by atoms with Gasteiger partial charge in [-0.3, -0.25) is 9.59 Å². The number of nitrogens with one attached hydrogen (secondary N) is 1. The van der Waals surface area contributed by atoms with E-state index in [4.69, 9.17) is 24.1 Å². The van der Waals surface area contributed by atoms with Gasteiger partial charge < -0.3 is 39.4 Å². The summed E-state index contributed by atoms with van der Waals surface area (Å²) in [5, 5.41) is 21.1. The van der Waals surface area contributed by atoms with Crippen LogP contribution in [0.15, 0.2) is 48.5 Å². The molecule has 5 rings (SSSR count). The fraction of sp³-hybridized carbons (Fsp3) is 0.562. The Kier molecular flexibility index (Phi) is 10.6. The second-order valence-electron chi connectivity index (χ2n) is 11.4. The number of carboxylic acid groups (broad SMARTS) is 1. The number of aliphatic hydroxyl groups is 1. The molecule has 228 valence electrons. The standard InChI is InChI=1S/C32H42N2O8/c35-22-23-6-8-24(9-7-23)28-20-27(21-34-16-14-32(15-17-34)39-18-19-40-32)41-31(42-28)25-10-12-26(13-11-25)33-29(36)4-2-1-3-5-30(37)38/h6-13,27-28,31,35H,1-5,14-22H2,(H,33,36)(H,37,38)/t27-,28+,31+/m0/s1. The van der Waals surface area contributed by atoms with Gasteiger partial charge in [0.25, 0.3) is 0 Å². The lowest BCUT2D eigenvalue weighted by Gasteiger charge is -2.41. The Bertz CT molecular complexity index is 1160. The third-order valence-corrected chi connectivity index (χ3v) is 8.27. The minimum absolute atomic E-state index is 0.00233. The van der Waals surface area contributed by atoms with Gasteiger partial charge in [-0.1, -0.05) is 42.8 Å². The van der Waals surface area contributed by atoms with Gasteiger partial charge in [-0.25, -0.2) is 0 Å². The van der Waals surface area contributed by atoms with Gasteiger partial charge in [0.2, 0.25) is 5.91 Å². The largest absolute Gasteiger partial charge is 0.481 e. The minimum atomic E-state index is -0.809. The monoisotopic (exact) mass is 582 g/mol. The van der Waals surface area contributed by atoms with E-state index < -0.39 is 18.0 Å². The zero-order chi connectivity index (χ0) is 29.4. The number of aliphatic carboxylic acids is 1. The topological polar surface area (TPSA) is 127 Å². The van der Waals surface area contributed by atoms with Crippen LogP contribution in [0.3, 0.4) is 0 Å². The summed E-state index contributed by atoms with van der Waals surface area (Å²) >= 11 is 0. The molecule has 10 nitrogen and oxygen atoms in total. The van der Waals surface area contributed by atoms with Gasteiger partial charge in [0.1, 0.15) is 0 Å². The Morgan fingerprint density at radius 2 is 1.55 bits per heavy atom. The molecule has 42 heavy (non-hydrogen) atoms. The van der Waals surface area contributed by atoms with Gasteiger partial charge in [0.15, 0.2) is 12.1 Å². The van der Waals surface area contributed by atoms with E-state index in [0.717, 1.165) is 49.2 Å². The van der Waals surface area contributed by atoms with Gasteiger partial charge in [-0.15, -0.1) is 0 Å². The highest BCUT2D eigenvalue weighted by molar-refractivity contribution is 5.90. The quantitative estimate of drug-likeness (QED) is 0.309. The first-order valence-electron chi connectivity index (χ1n) is 15.0. The fourth-order valence-corrected chi connectivity index (χ4v) is 5.87. The molecule has 2 aromatic carbocycles. The molecule has 3 aliphatic heterocycles. The molecule has 3 saturated heterocycles. The highest BCUT2D eigenvalue weighted by Gasteiger charge is 2.41. The van der Waals surface area contributed by atoms with E-state index in [1.54, 1.807) is 0 Å². The number of benzene rings is 2. The number of carbonyl (C=O) groups excluding carboxylic acids is 1. The molecule has 0 aliphatic carbocycles. The molecular formula is C32H42N2O8. The van der Waals surface area contributed by atoms with E-state index in [1.165, 1.54) is 0 Å². The number of likely N-dealkylation sites (tertiary alicyclic amines) is 1. The smallest absolute Gasteiger partial charge is 0.303 e. The fourth-order valence-electron chi connectivity index (χ4n) is 5.87. The third-order valence-electron chi connectivity index (χ3n) is 8.27. The maximum Gasteiger partial charge on any atom is 0.303 e. The lowest BCUT2D eigenvalue weighted by atomic mass is 9.98. The van der Waals surface area contributed by atoms with E-state index in [-0.39, 0.29) is 31.1 Å². The molecule has 3 aliphatic rings. The van der Waals surface area contributed by atoms with Gasteiger partial charge >= 0.3 is 5.97 Å². The van der Waals surface area contributed by atoms with E-state index in [0.29, 0.717) is 51.0 Å². The summed E-state index contributed by atoms with van der Waals surface area (Å²) in [4.78, 5) is 25.4. The number of anilines is 1. The number of hydrogen-bond acceptors (Lipinski definition) is 8. The van der Waals surface area contributed by atoms with Crippen molar-refractivity contribution in [2.24, 2.45) is 0 Å². The molecule has 0 aromatic heterocycles. The lowest BCUT2D eigenvalue weighted by Crippen LogP contribution is -2.48. The Labute approximate surface area is 246 Å². The summed E-state index contributed by atoms with van der Waals surface area (Å²) < 4.78 is 24.8. The van der Waals surface area contributed by atoms with Crippen LogP contribution in [0.2, 0.25) is 0 Å². The number of carbonyl (C=O) groups is 2. The highest BCUT2D eigenvalue weighted by atomic mass is 16.7. The molecule has 3 heterocycles. The summed E-state index contributed by atoms with van der Waals surface area (Å²) in [6.07, 6.45) is 4.05. The Morgan fingerprint density at radius 1 is 0.881 bits per heavy atom. The molecule has 0 radical (unpaired) electrons. The number of nitrogens with zero attached hydrogens (tertiary/aromatic N) is 1. The summed E-state index contributed by atoms with van der Waals surface area (Å²) in [7, 11) is 0. The zero-order valence-corrected chi connectivity index (χ0v) is 24.0. The SMILES string of the molecule is O=C(O)CCCCCC(=O)Nc1ccc([C@@H]2O[C@H](CN3CCC4(CC3)OCCO4)C[C@H](c3ccc(CO)cc3)O2)cc1. The van der Waals surface area contributed by atoms with Crippen molar-refractivity contribution in [2.75, 3.05) is 38.2 Å². The first-order chi connectivity index (χ1) is 20.4. The second kappa shape index (κ2) is 14.5. The van der Waals surface area contributed by atoms with Gasteiger partial charge in [-0.2, -0.15) is 0 Å². The van der Waals surface area contributed by atoms with Crippen molar-refractivity contribution in [1.82, 2.24) is 4.90 Å². The van der Waals surface area contributed by atoms with Crippen LogP contribution in [0.1, 0.15) is 80.5 Å². The average molecular weight is 583 g/mol. The van der Waals surface area contributed by atoms with Crippen LogP contribution in [-0.4, -0.2) is 71.7 Å². The van der Waals surface area contributed by atoms with Crippen LogP contribution in [0.25, 0.3) is 0 Å². The van der Waals surface area contributed by atoms with Gasteiger partial charge in [0.05, 0.1) is 32.0 Å². The minimum Gasteiger partial charge on any atom is -0.481 e. The number of rotatable bonds is 12. The number of aliphatic hydroxyl groups excluding tert-OH is 1. The summed E-state index contributed by atoms with van der Waals surface area (Å²) in [5.74, 6) is -1.31. The van der Waals surface area contributed by atoms with E-state index in [1.807, 2.05) is 48.5 Å². The van der Waals surface area contributed by atoms with Crippen molar-refractivity contribution < 1.29 is 38.7 Å². The molecule has 0 saturated carbocycles. The Morgan fingerprint density at radius 3 is 2.21 bits per heavy atom. The maximum atomic E-state index is 12.3. The number of amides is 1. The van der Waals surface area contributed by atoms with Crippen molar-refractivity contribution in [3.63, 3.8) is 0 Å². The predicted octanol–water partition coefficient (Wildman–Crippen LogP) is 4.54. The molecule has 10 heteroatoms. The van der Waals surface area contributed by atoms with Crippen molar-refractivity contribution >= 4 is 17.6 Å². The highest BCUT2D eigenvalue weighted by Crippen LogP contribution is 2.39. The van der Waals surface area contributed by atoms with Crippen LogP contribution < -0.4 is 5.32 Å². The Balaban J connectivity index is 1.20. The predicted molar refractivity (Wildman–Crippen MR) is 155 cm³/mol. The van der Waals surface area contributed by atoms with Gasteiger partial charge in [0, 0.05) is 63.0 Å². The van der Waals surface area contributed by atoms with E-state index in [2.05, 4.69) is 10.2 Å². The first-order valence-corrected chi connectivity index (χ1v) is 15.0. The molecule has 0 unspecified atom stereocenters. The third kappa shape index (κ3) is 8.37. The molecule has 1 amide bonds. The molecule has 2 aromatic rings. The van der Waals surface area contributed by atoms with Crippen LogP contribution in [-0.2, 0) is 35.1 Å². The average Bonchev–Trinajstić information content (AvgIpc) is 3.46.